The van der Waals surface area contributed by atoms with Gasteiger partial charge in [0.2, 0.25) is 5.91 Å². The lowest BCUT2D eigenvalue weighted by molar-refractivity contribution is -0.138. The van der Waals surface area contributed by atoms with Gasteiger partial charge in [0.05, 0.1) is 24.6 Å². The summed E-state index contributed by atoms with van der Waals surface area (Å²) in [6, 6.07) is 20.4. The first kappa shape index (κ1) is 27.1. The molecule has 1 amide bonds. The van der Waals surface area contributed by atoms with Crippen LogP contribution in [0.1, 0.15) is 28.8 Å². The number of hydrogen-bond donors (Lipinski definition) is 2. The molecule has 9 nitrogen and oxygen atoms in total. The zero-order chi connectivity index (χ0) is 27.7. The fourth-order valence-electron chi connectivity index (χ4n) is 4.99. The second-order valence-electron chi connectivity index (χ2n) is 9.54. The molecular weight excluding hydrogens is 540 g/mol. The lowest BCUT2D eigenvalue weighted by Crippen LogP contribution is -2.58. The minimum absolute atomic E-state index is 0.0319. The smallest absolute Gasteiger partial charge is 0.234 e. The van der Waals surface area contributed by atoms with Crippen LogP contribution in [0.15, 0.2) is 82.7 Å². The van der Waals surface area contributed by atoms with Crippen LogP contribution in [0.4, 0.5) is 0 Å². The molecule has 3 aromatic rings. The Kier molecular flexibility index (Phi) is 7.64. The zero-order valence-corrected chi connectivity index (χ0v) is 23.1. The SMILES string of the molecule is COc1cccc(C2=NC(c3ccc(S(C)(=O)=O)cc3)C(c3ccc(Cl)cc3)N2C(O)N2CCNC(=O)C2)c1. The highest BCUT2D eigenvalue weighted by Crippen LogP contribution is 2.45. The summed E-state index contributed by atoms with van der Waals surface area (Å²) in [5.74, 6) is 0.978. The van der Waals surface area contributed by atoms with Gasteiger partial charge in [0.25, 0.3) is 0 Å². The molecule has 1 saturated heterocycles. The van der Waals surface area contributed by atoms with Crippen LogP contribution in [0.2, 0.25) is 5.02 Å². The molecule has 39 heavy (non-hydrogen) atoms. The third kappa shape index (κ3) is 5.65. The van der Waals surface area contributed by atoms with Crippen LogP contribution >= 0.6 is 11.6 Å². The second kappa shape index (κ2) is 11.0. The number of benzene rings is 3. The van der Waals surface area contributed by atoms with Crippen molar-refractivity contribution < 1.29 is 23.1 Å². The molecule has 5 rings (SSSR count). The number of aliphatic hydroxyl groups excluding tert-OH is 1. The highest BCUT2D eigenvalue weighted by molar-refractivity contribution is 7.90. The molecule has 0 saturated carbocycles. The van der Waals surface area contributed by atoms with Crippen LogP contribution in [-0.2, 0) is 14.6 Å². The van der Waals surface area contributed by atoms with Crippen LogP contribution in [-0.4, -0.2) is 74.4 Å². The average molecular weight is 569 g/mol. The molecule has 0 aliphatic carbocycles. The Balaban J connectivity index is 1.67. The molecular formula is C28H29ClN4O5S. The van der Waals surface area contributed by atoms with Gasteiger partial charge in [-0.15, -0.1) is 0 Å². The average Bonchev–Trinajstić information content (AvgIpc) is 3.33. The van der Waals surface area contributed by atoms with E-state index in [1.54, 1.807) is 48.4 Å². The van der Waals surface area contributed by atoms with Gasteiger partial charge in [0.15, 0.2) is 16.2 Å². The number of amides is 1. The Bertz CT molecular complexity index is 1500. The van der Waals surface area contributed by atoms with Gasteiger partial charge in [-0.2, -0.15) is 0 Å². The second-order valence-corrected chi connectivity index (χ2v) is 12.0. The van der Waals surface area contributed by atoms with Gasteiger partial charge in [-0.3, -0.25) is 9.79 Å². The van der Waals surface area contributed by atoms with Crippen molar-refractivity contribution in [2.24, 2.45) is 4.99 Å². The number of rotatable bonds is 7. The van der Waals surface area contributed by atoms with E-state index in [0.717, 1.165) is 16.7 Å². The number of methoxy groups -OCH3 is 1. The summed E-state index contributed by atoms with van der Waals surface area (Å²) < 4.78 is 29.6. The Morgan fingerprint density at radius 2 is 1.77 bits per heavy atom. The molecule has 204 valence electrons. The lowest BCUT2D eigenvalue weighted by atomic mass is 9.93. The summed E-state index contributed by atoms with van der Waals surface area (Å²) in [6.45, 7) is 0.900. The highest BCUT2D eigenvalue weighted by atomic mass is 35.5. The molecule has 2 aliphatic rings. The normalized spacial score (nSPS) is 20.9. The molecule has 0 spiro atoms. The van der Waals surface area contributed by atoms with Gasteiger partial charge in [-0.25, -0.2) is 13.3 Å². The van der Waals surface area contributed by atoms with Crippen molar-refractivity contribution in [3.63, 3.8) is 0 Å². The monoisotopic (exact) mass is 568 g/mol. The number of hydrogen-bond acceptors (Lipinski definition) is 8. The van der Waals surface area contributed by atoms with E-state index in [1.165, 1.54) is 6.26 Å². The fourth-order valence-corrected chi connectivity index (χ4v) is 5.75. The third-order valence-electron chi connectivity index (χ3n) is 6.94. The predicted octanol–water partition coefficient (Wildman–Crippen LogP) is 3.00. The van der Waals surface area contributed by atoms with E-state index in [9.17, 15) is 18.3 Å². The fraction of sp³-hybridized carbons (Fsp3) is 0.286. The molecule has 3 aromatic carbocycles. The number of ether oxygens (including phenoxy) is 1. The Morgan fingerprint density at radius 1 is 1.08 bits per heavy atom. The quantitative estimate of drug-likeness (QED) is 0.451. The zero-order valence-electron chi connectivity index (χ0n) is 21.5. The number of aliphatic imine (C=N–C) groups is 1. The molecule has 3 atom stereocenters. The number of halogens is 1. The maximum Gasteiger partial charge on any atom is 0.234 e. The van der Waals surface area contributed by atoms with Gasteiger partial charge >= 0.3 is 0 Å². The van der Waals surface area contributed by atoms with E-state index >= 15 is 0 Å². The van der Waals surface area contributed by atoms with E-state index in [-0.39, 0.29) is 17.3 Å². The van der Waals surface area contributed by atoms with Crippen LogP contribution in [0, 0.1) is 0 Å². The summed E-state index contributed by atoms with van der Waals surface area (Å²) in [5, 5.41) is 15.2. The Hall–Kier alpha value is -3.44. The first-order valence-corrected chi connectivity index (χ1v) is 14.7. The number of carbonyl (C=O) groups is 1. The van der Waals surface area contributed by atoms with Crippen LogP contribution < -0.4 is 10.1 Å². The highest BCUT2D eigenvalue weighted by Gasteiger charge is 2.44. The van der Waals surface area contributed by atoms with E-state index < -0.39 is 28.3 Å². The summed E-state index contributed by atoms with van der Waals surface area (Å²) in [5.41, 5.74) is 2.34. The lowest BCUT2D eigenvalue weighted by Gasteiger charge is -2.41. The molecule has 11 heteroatoms. The van der Waals surface area contributed by atoms with E-state index in [0.29, 0.717) is 29.7 Å². The number of carbonyl (C=O) groups excluding carboxylic acids is 1. The summed E-state index contributed by atoms with van der Waals surface area (Å²) in [4.78, 5) is 21.1. The van der Waals surface area contributed by atoms with Crippen molar-refractivity contribution in [3.8, 4) is 5.75 Å². The number of amidine groups is 1. The van der Waals surface area contributed by atoms with Gasteiger partial charge in [-0.05, 0) is 47.5 Å². The number of aliphatic hydroxyl groups is 1. The van der Waals surface area contributed by atoms with Crippen LogP contribution in [0.25, 0.3) is 0 Å². The minimum Gasteiger partial charge on any atom is -0.497 e. The van der Waals surface area contributed by atoms with Gasteiger partial charge in [0.1, 0.15) is 17.6 Å². The van der Waals surface area contributed by atoms with Crippen molar-refractivity contribution in [1.29, 1.82) is 0 Å². The molecule has 0 aromatic heterocycles. The van der Waals surface area contributed by atoms with Crippen LogP contribution in [0.3, 0.4) is 0 Å². The van der Waals surface area contributed by atoms with Crippen molar-refractivity contribution in [3.05, 3.63) is 94.5 Å². The summed E-state index contributed by atoms with van der Waals surface area (Å²) in [6.07, 6.45) is -0.0121. The van der Waals surface area contributed by atoms with Crippen molar-refractivity contribution in [1.82, 2.24) is 15.1 Å². The van der Waals surface area contributed by atoms with Crippen LogP contribution in [0.5, 0.6) is 5.75 Å². The maximum atomic E-state index is 12.2. The van der Waals surface area contributed by atoms with Crippen molar-refractivity contribution >= 4 is 33.2 Å². The van der Waals surface area contributed by atoms with Gasteiger partial charge in [0, 0.05) is 29.9 Å². The Morgan fingerprint density at radius 3 is 2.41 bits per heavy atom. The first-order chi connectivity index (χ1) is 18.7. The first-order valence-electron chi connectivity index (χ1n) is 12.4. The van der Waals surface area contributed by atoms with E-state index in [4.69, 9.17) is 21.3 Å². The molecule has 0 radical (unpaired) electrons. The third-order valence-corrected chi connectivity index (χ3v) is 8.32. The molecule has 2 aliphatic heterocycles. The Labute approximate surface area is 232 Å². The van der Waals surface area contributed by atoms with Crippen molar-refractivity contribution in [2.75, 3.05) is 33.0 Å². The number of nitrogens with zero attached hydrogens (tertiary/aromatic N) is 3. The summed E-state index contributed by atoms with van der Waals surface area (Å²) in [7, 11) is -1.80. The summed E-state index contributed by atoms with van der Waals surface area (Å²) >= 11 is 6.21. The molecule has 3 unspecified atom stereocenters. The maximum absolute atomic E-state index is 12.2. The predicted molar refractivity (Wildman–Crippen MR) is 148 cm³/mol. The topological polar surface area (TPSA) is 112 Å². The number of piperazine rings is 1. The molecule has 2 N–H and O–H groups in total. The minimum atomic E-state index is -3.38. The largest absolute Gasteiger partial charge is 0.497 e. The van der Waals surface area contributed by atoms with Gasteiger partial charge in [-0.1, -0.05) is 48.0 Å². The number of nitrogens with one attached hydrogen (secondary N) is 1. The standard InChI is InChI=1S/C28H29ClN4O5S/c1-38-22-5-3-4-20(16-22)27-31-25(18-8-12-23(13-9-18)39(2,36)37)26(19-6-10-21(29)11-7-19)33(27)28(35)32-15-14-30-24(34)17-32/h3-13,16,25-26,28,35H,14-15,17H2,1-2H3,(H,30,34). The molecule has 2 heterocycles. The van der Waals surface area contributed by atoms with Gasteiger partial charge < -0.3 is 20.1 Å². The van der Waals surface area contributed by atoms with E-state index in [2.05, 4.69) is 5.32 Å². The van der Waals surface area contributed by atoms with Crippen molar-refractivity contribution in [2.45, 2.75) is 23.3 Å². The molecule has 1 fully saturated rings. The molecule has 0 bridgehead atoms. The van der Waals surface area contributed by atoms with E-state index in [1.807, 2.05) is 41.3 Å². The number of sulfone groups is 1.